The molecule has 0 saturated carbocycles. The molecule has 0 aliphatic rings. The lowest BCUT2D eigenvalue weighted by Gasteiger charge is -2.10. The minimum atomic E-state index is -1.62. The molecule has 1 aromatic carbocycles. The van der Waals surface area contributed by atoms with Crippen LogP contribution in [0.1, 0.15) is 11.9 Å². The van der Waals surface area contributed by atoms with Crippen LogP contribution in [0.25, 0.3) is 11.4 Å². The van der Waals surface area contributed by atoms with Gasteiger partial charge >= 0.3 is 0 Å². The Balaban J connectivity index is 2.60. The molecule has 0 spiro atoms. The number of aliphatic hydroxyl groups excluding tert-OH is 1. The number of nitrogens with zero attached hydrogens (tertiary/aromatic N) is 3. The van der Waals surface area contributed by atoms with Crippen LogP contribution in [0.5, 0.6) is 0 Å². The second kappa shape index (κ2) is 4.32. The van der Waals surface area contributed by atoms with Gasteiger partial charge in [0.25, 0.3) is 0 Å². The third-order valence-electron chi connectivity index (χ3n) is 2.15. The Morgan fingerprint density at radius 2 is 1.53 bits per heavy atom. The lowest BCUT2D eigenvalue weighted by molar-refractivity contribution is -0.0420. The van der Waals surface area contributed by atoms with Gasteiger partial charge in [-0.05, 0) is 0 Å². The first kappa shape index (κ1) is 11.2. The monoisotopic (exact) mass is 233 g/mol. The topological polar surface area (TPSA) is 131 Å². The Kier molecular flexibility index (Phi) is 2.86. The van der Waals surface area contributed by atoms with Crippen molar-refractivity contribution in [3.63, 3.8) is 0 Å². The highest BCUT2D eigenvalue weighted by Gasteiger charge is 2.13. The first-order chi connectivity index (χ1) is 8.08. The zero-order valence-corrected chi connectivity index (χ0v) is 8.78. The Hall–Kier alpha value is -2.25. The van der Waals surface area contributed by atoms with E-state index in [-0.39, 0.29) is 23.3 Å². The minimum absolute atomic E-state index is 0.0188. The number of benzene rings is 1. The SMILES string of the molecule is Nc1nc(N)nc(-c2ccccc2C(O)O)n1. The molecule has 0 saturated heterocycles. The number of aromatic nitrogens is 3. The van der Waals surface area contributed by atoms with Gasteiger partial charge in [-0.25, -0.2) is 0 Å². The van der Waals surface area contributed by atoms with Gasteiger partial charge in [-0.1, -0.05) is 24.3 Å². The van der Waals surface area contributed by atoms with Crippen molar-refractivity contribution in [3.05, 3.63) is 29.8 Å². The molecule has 2 aromatic rings. The highest BCUT2D eigenvalue weighted by Crippen LogP contribution is 2.24. The van der Waals surface area contributed by atoms with E-state index in [0.717, 1.165) is 0 Å². The van der Waals surface area contributed by atoms with Crippen LogP contribution in [-0.2, 0) is 0 Å². The van der Waals surface area contributed by atoms with Crippen molar-refractivity contribution in [2.45, 2.75) is 6.29 Å². The molecule has 6 N–H and O–H groups in total. The molecule has 17 heavy (non-hydrogen) atoms. The van der Waals surface area contributed by atoms with Crippen molar-refractivity contribution in [1.29, 1.82) is 0 Å². The van der Waals surface area contributed by atoms with Crippen molar-refractivity contribution in [3.8, 4) is 11.4 Å². The van der Waals surface area contributed by atoms with Crippen LogP contribution in [-0.4, -0.2) is 25.2 Å². The second-order valence-electron chi connectivity index (χ2n) is 3.34. The van der Waals surface area contributed by atoms with Crippen LogP contribution in [0.3, 0.4) is 0 Å². The summed E-state index contributed by atoms with van der Waals surface area (Å²) in [4.78, 5) is 11.4. The first-order valence-corrected chi connectivity index (χ1v) is 4.80. The molecule has 0 radical (unpaired) electrons. The van der Waals surface area contributed by atoms with Crippen LogP contribution in [0.2, 0.25) is 0 Å². The number of hydrogen-bond donors (Lipinski definition) is 4. The van der Waals surface area contributed by atoms with Gasteiger partial charge < -0.3 is 21.7 Å². The Labute approximate surface area is 96.8 Å². The van der Waals surface area contributed by atoms with Crippen molar-refractivity contribution in [1.82, 2.24) is 15.0 Å². The van der Waals surface area contributed by atoms with E-state index in [9.17, 15) is 10.2 Å². The number of anilines is 2. The van der Waals surface area contributed by atoms with Gasteiger partial charge in [0.05, 0.1) is 0 Å². The fourth-order valence-electron chi connectivity index (χ4n) is 1.46. The maximum Gasteiger partial charge on any atom is 0.225 e. The molecule has 7 heteroatoms. The Morgan fingerprint density at radius 3 is 2.12 bits per heavy atom. The van der Waals surface area contributed by atoms with Crippen LogP contribution >= 0.6 is 0 Å². The van der Waals surface area contributed by atoms with Gasteiger partial charge in [-0.3, -0.25) is 0 Å². The molecule has 0 atom stereocenters. The minimum Gasteiger partial charge on any atom is -0.368 e. The van der Waals surface area contributed by atoms with E-state index in [2.05, 4.69) is 15.0 Å². The Bertz CT molecular complexity index is 524. The molecule has 88 valence electrons. The maximum atomic E-state index is 9.23. The molecular formula is C10H11N5O2. The van der Waals surface area contributed by atoms with Crippen molar-refractivity contribution >= 4 is 11.9 Å². The lowest BCUT2D eigenvalue weighted by atomic mass is 10.1. The van der Waals surface area contributed by atoms with E-state index in [1.165, 1.54) is 0 Å². The van der Waals surface area contributed by atoms with Crippen molar-refractivity contribution in [2.75, 3.05) is 11.5 Å². The Morgan fingerprint density at radius 1 is 0.941 bits per heavy atom. The predicted octanol–water partition coefficient (Wildman–Crippen LogP) is -0.314. The van der Waals surface area contributed by atoms with Crippen molar-refractivity contribution in [2.24, 2.45) is 0 Å². The smallest absolute Gasteiger partial charge is 0.225 e. The average Bonchev–Trinajstić information content (AvgIpc) is 2.27. The molecule has 0 bridgehead atoms. The average molecular weight is 233 g/mol. The summed E-state index contributed by atoms with van der Waals surface area (Å²) in [5.74, 6) is 0.170. The van der Waals surface area contributed by atoms with Crippen molar-refractivity contribution < 1.29 is 10.2 Å². The third kappa shape index (κ3) is 2.30. The number of nitrogens with two attached hydrogens (primary N) is 2. The van der Waals surface area contributed by atoms with Crippen LogP contribution in [0.4, 0.5) is 11.9 Å². The van der Waals surface area contributed by atoms with E-state index in [4.69, 9.17) is 11.5 Å². The quantitative estimate of drug-likeness (QED) is 0.523. The second-order valence-corrected chi connectivity index (χ2v) is 3.34. The standard InChI is InChI=1S/C10H11N5O2/c11-9-13-7(14-10(12)15-9)5-3-1-2-4-6(5)8(16)17/h1-4,8,16-17H,(H4,11,12,13,14,15). The van der Waals surface area contributed by atoms with Crippen LogP contribution in [0, 0.1) is 0 Å². The molecule has 7 nitrogen and oxygen atoms in total. The van der Waals surface area contributed by atoms with Gasteiger partial charge in [0, 0.05) is 11.1 Å². The van der Waals surface area contributed by atoms with Gasteiger partial charge in [0.1, 0.15) is 0 Å². The molecule has 1 heterocycles. The maximum absolute atomic E-state index is 9.23. The molecule has 0 amide bonds. The zero-order valence-electron chi connectivity index (χ0n) is 8.78. The molecular weight excluding hydrogens is 222 g/mol. The summed E-state index contributed by atoms with van der Waals surface area (Å²) in [6.07, 6.45) is -1.62. The molecule has 0 fully saturated rings. The summed E-state index contributed by atoms with van der Waals surface area (Å²) in [6, 6.07) is 6.59. The summed E-state index contributed by atoms with van der Waals surface area (Å²) >= 11 is 0. The van der Waals surface area contributed by atoms with E-state index >= 15 is 0 Å². The van der Waals surface area contributed by atoms with E-state index in [1.807, 2.05) is 0 Å². The van der Waals surface area contributed by atoms with Gasteiger partial charge in [-0.2, -0.15) is 15.0 Å². The zero-order chi connectivity index (χ0) is 12.4. The van der Waals surface area contributed by atoms with Crippen LogP contribution < -0.4 is 11.5 Å². The normalized spacial score (nSPS) is 10.8. The van der Waals surface area contributed by atoms with Gasteiger partial charge in [0.15, 0.2) is 12.1 Å². The largest absolute Gasteiger partial charge is 0.368 e. The summed E-state index contributed by atoms with van der Waals surface area (Å²) < 4.78 is 0. The highest BCUT2D eigenvalue weighted by molar-refractivity contribution is 5.62. The number of hydrogen-bond acceptors (Lipinski definition) is 7. The first-order valence-electron chi connectivity index (χ1n) is 4.80. The van der Waals surface area contributed by atoms with Gasteiger partial charge in [0.2, 0.25) is 11.9 Å². The summed E-state index contributed by atoms with van der Waals surface area (Å²) in [6.45, 7) is 0. The van der Waals surface area contributed by atoms with E-state index < -0.39 is 6.29 Å². The molecule has 0 aliphatic heterocycles. The lowest BCUT2D eigenvalue weighted by Crippen LogP contribution is -2.06. The van der Waals surface area contributed by atoms with E-state index in [1.54, 1.807) is 24.3 Å². The highest BCUT2D eigenvalue weighted by atomic mass is 16.5. The number of nitrogen functional groups attached to an aromatic ring is 2. The molecule has 0 unspecified atom stereocenters. The number of aliphatic hydroxyl groups is 2. The summed E-state index contributed by atoms with van der Waals surface area (Å²) in [5.41, 5.74) is 11.6. The number of rotatable bonds is 2. The molecule has 2 rings (SSSR count). The molecule has 1 aromatic heterocycles. The summed E-state index contributed by atoms with van der Waals surface area (Å²) in [5, 5.41) is 18.5. The van der Waals surface area contributed by atoms with Crippen LogP contribution in [0.15, 0.2) is 24.3 Å². The summed E-state index contributed by atoms with van der Waals surface area (Å²) in [7, 11) is 0. The fourth-order valence-corrected chi connectivity index (χ4v) is 1.46. The predicted molar refractivity (Wildman–Crippen MR) is 61.3 cm³/mol. The van der Waals surface area contributed by atoms with Gasteiger partial charge in [-0.15, -0.1) is 0 Å². The third-order valence-corrected chi connectivity index (χ3v) is 2.15. The van der Waals surface area contributed by atoms with E-state index in [0.29, 0.717) is 5.56 Å². The fraction of sp³-hybridized carbons (Fsp3) is 0.100. The molecule has 0 aliphatic carbocycles.